The van der Waals surface area contributed by atoms with Crippen molar-refractivity contribution >= 4 is 40.3 Å². The average Bonchev–Trinajstić information content (AvgIpc) is 3.14. The molecule has 1 unspecified atom stereocenters. The summed E-state index contributed by atoms with van der Waals surface area (Å²) < 4.78 is 5.58. The zero-order valence-electron chi connectivity index (χ0n) is 15.4. The Hall–Kier alpha value is -3.21. The Bertz CT molecular complexity index is 1080. The van der Waals surface area contributed by atoms with Crippen molar-refractivity contribution in [2.45, 2.75) is 12.8 Å². The first-order valence-electron chi connectivity index (χ1n) is 8.61. The molecule has 0 saturated heterocycles. The van der Waals surface area contributed by atoms with Gasteiger partial charge < -0.3 is 10.1 Å². The van der Waals surface area contributed by atoms with E-state index in [-0.39, 0.29) is 17.9 Å². The van der Waals surface area contributed by atoms with Crippen molar-refractivity contribution in [1.82, 2.24) is 4.98 Å². The number of anilines is 1. The number of para-hydroxylation sites is 1. The third kappa shape index (κ3) is 5.19. The number of rotatable bonds is 7. The molecule has 0 aliphatic heterocycles. The number of hydrogen-bond donors (Lipinski definition) is 1. The summed E-state index contributed by atoms with van der Waals surface area (Å²) in [6.07, 6.45) is 0. The van der Waals surface area contributed by atoms with Gasteiger partial charge in [0.2, 0.25) is 0 Å². The van der Waals surface area contributed by atoms with Gasteiger partial charge in [0.25, 0.3) is 5.91 Å². The molecular formula is C21H16ClN3O3S. The molecule has 1 heterocycles. The molecule has 3 rings (SSSR count). The fourth-order valence-electron chi connectivity index (χ4n) is 2.53. The lowest BCUT2D eigenvalue weighted by atomic mass is 10.1. The average molecular weight is 426 g/mol. The van der Waals surface area contributed by atoms with E-state index >= 15 is 0 Å². The minimum atomic E-state index is -1.01. The van der Waals surface area contributed by atoms with Crippen LogP contribution in [0.2, 0.25) is 5.02 Å². The number of nitrogens with zero attached hydrogens (tertiary/aromatic N) is 2. The maximum Gasteiger partial charge on any atom is 0.259 e. The maximum atomic E-state index is 12.7. The molecule has 29 heavy (non-hydrogen) atoms. The van der Waals surface area contributed by atoms with Gasteiger partial charge in [-0.1, -0.05) is 29.8 Å². The zero-order chi connectivity index (χ0) is 20.8. The molecule has 1 amide bonds. The SMILES string of the molecule is Cc1csc(C(C#N)C(=O)COc2ccc(Cl)cc2C(=O)Nc2ccccc2)n1. The molecule has 0 spiro atoms. The van der Waals surface area contributed by atoms with Crippen molar-refractivity contribution in [2.24, 2.45) is 0 Å². The van der Waals surface area contributed by atoms with E-state index < -0.39 is 17.6 Å². The summed E-state index contributed by atoms with van der Waals surface area (Å²) >= 11 is 7.28. The molecule has 0 aliphatic rings. The molecular weight excluding hydrogens is 410 g/mol. The van der Waals surface area contributed by atoms with Crippen LogP contribution in [0.3, 0.4) is 0 Å². The fraction of sp³-hybridized carbons (Fsp3) is 0.143. The lowest BCUT2D eigenvalue weighted by molar-refractivity contribution is -0.121. The number of aromatic nitrogens is 1. The third-order valence-corrected chi connectivity index (χ3v) is 5.19. The summed E-state index contributed by atoms with van der Waals surface area (Å²) in [6, 6.07) is 15.4. The van der Waals surface area contributed by atoms with Gasteiger partial charge in [-0.25, -0.2) is 4.98 Å². The molecule has 2 aromatic carbocycles. The number of halogens is 1. The van der Waals surface area contributed by atoms with Gasteiger partial charge in [-0.15, -0.1) is 11.3 Å². The van der Waals surface area contributed by atoms with Gasteiger partial charge in [0.15, 0.2) is 11.7 Å². The standard InChI is InChI=1S/C21H16ClN3O3S/c1-13-12-29-21(24-13)17(10-23)18(26)11-28-19-8-7-14(22)9-16(19)20(27)25-15-5-3-2-4-6-15/h2-9,12,17H,11H2,1H3,(H,25,27). The monoisotopic (exact) mass is 425 g/mol. The molecule has 0 aliphatic carbocycles. The van der Waals surface area contributed by atoms with Crippen LogP contribution in [0, 0.1) is 18.3 Å². The van der Waals surface area contributed by atoms with Gasteiger partial charge in [-0.2, -0.15) is 5.26 Å². The second-order valence-electron chi connectivity index (χ2n) is 6.10. The molecule has 3 aromatic rings. The van der Waals surface area contributed by atoms with Crippen LogP contribution in [0.4, 0.5) is 5.69 Å². The first-order valence-corrected chi connectivity index (χ1v) is 9.87. The number of ether oxygens (including phenoxy) is 1. The number of hydrogen-bond acceptors (Lipinski definition) is 6. The number of carbonyl (C=O) groups excluding carboxylic acids is 2. The lowest BCUT2D eigenvalue weighted by Gasteiger charge is -2.13. The van der Waals surface area contributed by atoms with E-state index in [9.17, 15) is 14.9 Å². The number of nitrogens with one attached hydrogen (secondary N) is 1. The van der Waals surface area contributed by atoms with E-state index in [0.717, 1.165) is 5.69 Å². The van der Waals surface area contributed by atoms with E-state index in [1.165, 1.54) is 23.5 Å². The number of ketones is 1. The molecule has 1 aromatic heterocycles. The van der Waals surface area contributed by atoms with Gasteiger partial charge >= 0.3 is 0 Å². The van der Waals surface area contributed by atoms with Crippen molar-refractivity contribution in [3.05, 3.63) is 75.2 Å². The predicted molar refractivity (Wildman–Crippen MR) is 112 cm³/mol. The van der Waals surface area contributed by atoms with Crippen LogP contribution in [-0.2, 0) is 4.79 Å². The van der Waals surface area contributed by atoms with Crippen molar-refractivity contribution in [1.29, 1.82) is 5.26 Å². The van der Waals surface area contributed by atoms with E-state index in [0.29, 0.717) is 15.7 Å². The molecule has 146 valence electrons. The van der Waals surface area contributed by atoms with Crippen LogP contribution in [0.5, 0.6) is 5.75 Å². The quantitative estimate of drug-likeness (QED) is 0.596. The molecule has 0 saturated carbocycles. The number of amides is 1. The zero-order valence-corrected chi connectivity index (χ0v) is 17.0. The van der Waals surface area contributed by atoms with Crippen LogP contribution in [-0.4, -0.2) is 23.3 Å². The molecule has 1 N–H and O–H groups in total. The number of benzene rings is 2. The highest BCUT2D eigenvalue weighted by atomic mass is 35.5. The fourth-order valence-corrected chi connectivity index (χ4v) is 3.56. The second kappa shape index (κ2) is 9.32. The smallest absolute Gasteiger partial charge is 0.259 e. The van der Waals surface area contributed by atoms with Crippen molar-refractivity contribution in [3.8, 4) is 11.8 Å². The second-order valence-corrected chi connectivity index (χ2v) is 7.43. The minimum absolute atomic E-state index is 0.188. The third-order valence-electron chi connectivity index (χ3n) is 3.92. The van der Waals surface area contributed by atoms with E-state index in [4.69, 9.17) is 16.3 Å². The van der Waals surface area contributed by atoms with Crippen LogP contribution in [0.1, 0.15) is 27.0 Å². The molecule has 0 fully saturated rings. The van der Waals surface area contributed by atoms with Crippen LogP contribution >= 0.6 is 22.9 Å². The Morgan fingerprint density at radius 3 is 2.69 bits per heavy atom. The van der Waals surface area contributed by atoms with Gasteiger partial charge in [0.1, 0.15) is 17.4 Å². The van der Waals surface area contributed by atoms with E-state index in [2.05, 4.69) is 10.3 Å². The van der Waals surface area contributed by atoms with Crippen molar-refractivity contribution in [3.63, 3.8) is 0 Å². The number of Topliss-reactive ketones (excluding diaryl/α,β-unsaturated/α-hetero) is 1. The normalized spacial score (nSPS) is 11.3. The van der Waals surface area contributed by atoms with Crippen LogP contribution in [0.15, 0.2) is 53.9 Å². The van der Waals surface area contributed by atoms with Gasteiger partial charge in [0, 0.05) is 21.8 Å². The van der Waals surface area contributed by atoms with Crippen LogP contribution in [0.25, 0.3) is 0 Å². The van der Waals surface area contributed by atoms with Crippen LogP contribution < -0.4 is 10.1 Å². The summed E-state index contributed by atoms with van der Waals surface area (Å²) in [6.45, 7) is 1.42. The summed E-state index contributed by atoms with van der Waals surface area (Å²) in [5.41, 5.74) is 1.55. The Balaban J connectivity index is 1.74. The highest BCUT2D eigenvalue weighted by Gasteiger charge is 2.24. The molecule has 8 heteroatoms. The number of aryl methyl sites for hydroxylation is 1. The number of carbonyl (C=O) groups is 2. The summed E-state index contributed by atoms with van der Waals surface area (Å²) in [5, 5.41) is 14.7. The topological polar surface area (TPSA) is 92.1 Å². The Morgan fingerprint density at radius 2 is 2.03 bits per heavy atom. The van der Waals surface area contributed by atoms with E-state index in [1.807, 2.05) is 12.1 Å². The molecule has 1 atom stereocenters. The van der Waals surface area contributed by atoms with Gasteiger partial charge in [0.05, 0.1) is 11.6 Å². The van der Waals surface area contributed by atoms with E-state index in [1.54, 1.807) is 42.6 Å². The van der Waals surface area contributed by atoms with Crippen molar-refractivity contribution in [2.75, 3.05) is 11.9 Å². The predicted octanol–water partition coefficient (Wildman–Crippen LogP) is 4.61. The lowest BCUT2D eigenvalue weighted by Crippen LogP contribution is -2.20. The molecule has 6 nitrogen and oxygen atoms in total. The summed E-state index contributed by atoms with van der Waals surface area (Å²) in [4.78, 5) is 29.3. The number of nitriles is 1. The molecule has 0 radical (unpaired) electrons. The van der Waals surface area contributed by atoms with Gasteiger partial charge in [-0.3, -0.25) is 9.59 Å². The van der Waals surface area contributed by atoms with Gasteiger partial charge in [-0.05, 0) is 37.3 Å². The Kier molecular flexibility index (Phi) is 6.60. The molecule has 0 bridgehead atoms. The maximum absolute atomic E-state index is 12.7. The highest BCUT2D eigenvalue weighted by Crippen LogP contribution is 2.26. The highest BCUT2D eigenvalue weighted by molar-refractivity contribution is 7.09. The Morgan fingerprint density at radius 1 is 1.28 bits per heavy atom. The Labute approximate surface area is 176 Å². The summed E-state index contributed by atoms with van der Waals surface area (Å²) in [7, 11) is 0. The number of thiazole rings is 1. The largest absolute Gasteiger partial charge is 0.485 e. The minimum Gasteiger partial charge on any atom is -0.485 e. The van der Waals surface area contributed by atoms with Crippen molar-refractivity contribution < 1.29 is 14.3 Å². The first kappa shape index (κ1) is 20.5. The summed E-state index contributed by atoms with van der Waals surface area (Å²) in [5.74, 6) is -1.68. The first-order chi connectivity index (χ1) is 14.0.